The van der Waals surface area contributed by atoms with Crippen molar-refractivity contribution in [1.82, 2.24) is 10.6 Å². The standard InChI is InChI=1S/C59H68N2O16/c1-29(2)12-11-23-57(10)24-22-36-46(75-57)35(18-13-30(3)4)48-42(47(36)73-53(69)32-14-16-34(17-15-32)71-54-45(65)44(64)49-39(72-54)28-70-56(8,9)74-49)43(63)37-26-33-27-40-55(6,7)77-58(50(33)66,59(37,40)76-48)25-21-31(5)51(67)60-38-19-20-41(62)61-52(38)68/h12-17,21-22,24,26,33,38-40,44-45,49,54,64-65H,11,18-20,23,25,27-28H2,1-10H3,(H,60,67)(H,61,62,68)/t33?,38?,39-,40?,44+,45-,49-,54-,57?,58?,59?/m1/s1. The molecule has 0 radical (unpaired) electrons. The van der Waals surface area contributed by atoms with Gasteiger partial charge in [-0.3, -0.25) is 29.3 Å². The van der Waals surface area contributed by atoms with Crippen LogP contribution < -0.4 is 29.6 Å². The number of fused-ring (bicyclic) bond motifs is 3. The van der Waals surface area contributed by atoms with E-state index in [0.29, 0.717) is 36.1 Å². The van der Waals surface area contributed by atoms with E-state index >= 15 is 9.59 Å². The first-order chi connectivity index (χ1) is 36.3. The first-order valence-electron chi connectivity index (χ1n) is 26.5. The largest absolute Gasteiger partial charge is 0.482 e. The Morgan fingerprint density at radius 3 is 2.34 bits per heavy atom. The molecular weight excluding hydrogens is 993 g/mol. The highest BCUT2D eigenvalue weighted by Crippen LogP contribution is 2.69. The van der Waals surface area contributed by atoms with E-state index in [1.54, 1.807) is 32.9 Å². The molecule has 18 heteroatoms. The summed E-state index contributed by atoms with van der Waals surface area (Å²) in [7, 11) is 0. The van der Waals surface area contributed by atoms with Crippen molar-refractivity contribution >= 4 is 41.3 Å². The lowest BCUT2D eigenvalue weighted by molar-refractivity contribution is -0.373. The zero-order chi connectivity index (χ0) is 55.3. The predicted molar refractivity (Wildman–Crippen MR) is 277 cm³/mol. The monoisotopic (exact) mass is 1060 g/mol. The molecule has 6 heterocycles. The summed E-state index contributed by atoms with van der Waals surface area (Å²) in [4.78, 5) is 83.8. The molecule has 1 spiro atoms. The maximum absolute atomic E-state index is 16.0. The number of carbonyl (C=O) groups excluding carboxylic acids is 6. The Balaban J connectivity index is 1.04. The number of ketones is 2. The van der Waals surface area contributed by atoms with Crippen molar-refractivity contribution in [2.45, 2.75) is 179 Å². The minimum Gasteiger partial charge on any atom is -0.482 e. The molecule has 3 amide bonds. The van der Waals surface area contributed by atoms with Crippen LogP contribution in [-0.2, 0) is 44.5 Å². The van der Waals surface area contributed by atoms with Crippen molar-refractivity contribution in [1.29, 1.82) is 0 Å². The zero-order valence-electron chi connectivity index (χ0n) is 45.2. The lowest BCUT2D eigenvalue weighted by Crippen LogP contribution is -2.72. The number of hydrogen-bond donors (Lipinski definition) is 4. The summed E-state index contributed by atoms with van der Waals surface area (Å²) in [6.45, 7) is 18.7. The first kappa shape index (κ1) is 54.1. The number of aliphatic hydroxyl groups is 2. The summed E-state index contributed by atoms with van der Waals surface area (Å²) in [5, 5.41) is 27.0. The zero-order valence-corrected chi connectivity index (χ0v) is 45.2. The normalized spacial score (nSPS) is 32.9. The van der Waals surface area contributed by atoms with Crippen molar-refractivity contribution in [2.24, 2.45) is 11.8 Å². The second kappa shape index (κ2) is 19.6. The molecule has 2 aromatic rings. The van der Waals surface area contributed by atoms with Crippen LogP contribution in [0.3, 0.4) is 0 Å². The smallest absolute Gasteiger partial charge is 0.343 e. The lowest BCUT2D eigenvalue weighted by Gasteiger charge is -2.56. The van der Waals surface area contributed by atoms with Crippen LogP contribution in [0.2, 0.25) is 0 Å². The van der Waals surface area contributed by atoms with Gasteiger partial charge in [0, 0.05) is 41.4 Å². The summed E-state index contributed by atoms with van der Waals surface area (Å²) < 4.78 is 51.6. The Bertz CT molecular complexity index is 3010. The minimum atomic E-state index is -1.82. The molecule has 4 saturated heterocycles. The molecule has 2 aromatic carbocycles. The molecule has 6 aliphatic heterocycles. The number of esters is 1. The van der Waals surface area contributed by atoms with Crippen molar-refractivity contribution < 1.29 is 76.9 Å². The number of hydrogen-bond acceptors (Lipinski definition) is 16. The first-order valence-corrected chi connectivity index (χ1v) is 26.5. The summed E-state index contributed by atoms with van der Waals surface area (Å²) in [5.74, 6) is -5.10. The van der Waals surface area contributed by atoms with Gasteiger partial charge >= 0.3 is 5.97 Å². The van der Waals surface area contributed by atoms with E-state index in [1.807, 2.05) is 66.7 Å². The molecule has 0 aromatic heterocycles. The molecule has 18 nitrogen and oxygen atoms in total. The van der Waals surface area contributed by atoms with E-state index in [4.69, 9.17) is 37.9 Å². The van der Waals surface area contributed by atoms with E-state index < -0.39 is 106 Å². The van der Waals surface area contributed by atoms with Crippen molar-refractivity contribution in [3.63, 3.8) is 0 Å². The van der Waals surface area contributed by atoms with Crippen LogP contribution >= 0.6 is 0 Å². The molecule has 1 saturated carbocycles. The Morgan fingerprint density at radius 2 is 1.64 bits per heavy atom. The number of amides is 3. The van der Waals surface area contributed by atoms with Crippen LogP contribution in [0.1, 0.15) is 140 Å². The topological polar surface area (TPSA) is 241 Å². The van der Waals surface area contributed by atoms with Gasteiger partial charge in [-0.2, -0.15) is 0 Å². The number of carbonyl (C=O) groups is 6. The second-order valence-electron chi connectivity index (χ2n) is 23.3. The van der Waals surface area contributed by atoms with Crippen molar-refractivity contribution in [2.75, 3.05) is 6.61 Å². The molecule has 4 bridgehead atoms. The highest BCUT2D eigenvalue weighted by molar-refractivity contribution is 6.19. The fourth-order valence-electron chi connectivity index (χ4n) is 12.3. The Hall–Kier alpha value is -6.28. The average molecular weight is 1060 g/mol. The van der Waals surface area contributed by atoms with Gasteiger partial charge in [0.05, 0.1) is 23.3 Å². The molecule has 410 valence electrons. The van der Waals surface area contributed by atoms with Gasteiger partial charge in [0.25, 0.3) is 0 Å². The molecule has 11 atom stereocenters. The minimum absolute atomic E-state index is 0.0328. The third-order valence-electron chi connectivity index (χ3n) is 16.2. The number of Topliss-reactive ketones (excluding diaryl/α,β-unsaturated/α-hetero) is 2. The van der Waals surface area contributed by atoms with Gasteiger partial charge in [0.15, 0.2) is 34.3 Å². The number of benzene rings is 2. The third-order valence-corrected chi connectivity index (χ3v) is 16.2. The van der Waals surface area contributed by atoms with E-state index in [9.17, 15) is 29.4 Å². The fourth-order valence-corrected chi connectivity index (χ4v) is 12.3. The molecule has 77 heavy (non-hydrogen) atoms. The van der Waals surface area contributed by atoms with Gasteiger partial charge in [0.1, 0.15) is 58.9 Å². The lowest BCUT2D eigenvalue weighted by atomic mass is 9.51. The number of allylic oxidation sites excluding steroid dienone is 5. The predicted octanol–water partition coefficient (Wildman–Crippen LogP) is 6.57. The molecule has 9 aliphatic rings. The Morgan fingerprint density at radius 1 is 0.909 bits per heavy atom. The van der Waals surface area contributed by atoms with E-state index in [-0.39, 0.29) is 77.6 Å². The maximum Gasteiger partial charge on any atom is 0.343 e. The van der Waals surface area contributed by atoms with Crippen LogP contribution in [0, 0.1) is 11.8 Å². The number of rotatable bonds is 13. The quantitative estimate of drug-likeness (QED) is 0.0546. The van der Waals surface area contributed by atoms with E-state index in [1.165, 1.54) is 24.3 Å². The van der Waals surface area contributed by atoms with Gasteiger partial charge in [-0.25, -0.2) is 4.79 Å². The highest BCUT2D eigenvalue weighted by atomic mass is 16.8. The van der Waals surface area contributed by atoms with Crippen LogP contribution in [-0.4, -0.2) is 117 Å². The number of ether oxygens (including phenoxy) is 8. The molecule has 6 unspecified atom stereocenters. The molecule has 5 fully saturated rings. The second-order valence-corrected chi connectivity index (χ2v) is 23.3. The van der Waals surface area contributed by atoms with Gasteiger partial charge in [-0.1, -0.05) is 35.5 Å². The van der Waals surface area contributed by atoms with Crippen LogP contribution in [0.4, 0.5) is 0 Å². The van der Waals surface area contributed by atoms with Crippen LogP contribution in [0.25, 0.3) is 6.08 Å². The molecule has 11 rings (SSSR count). The molecule has 3 aliphatic carbocycles. The third kappa shape index (κ3) is 9.37. The van der Waals surface area contributed by atoms with Gasteiger partial charge in [-0.05, 0) is 138 Å². The molecular formula is C59H68N2O16. The van der Waals surface area contributed by atoms with E-state index in [2.05, 4.69) is 16.7 Å². The summed E-state index contributed by atoms with van der Waals surface area (Å²) >= 11 is 0. The van der Waals surface area contributed by atoms with Crippen molar-refractivity contribution in [3.8, 4) is 23.0 Å². The van der Waals surface area contributed by atoms with Gasteiger partial charge < -0.3 is 53.4 Å². The summed E-state index contributed by atoms with van der Waals surface area (Å²) in [6.07, 6.45) is 7.16. The van der Waals surface area contributed by atoms with E-state index in [0.717, 1.165) is 11.1 Å². The number of imide groups is 1. The Kier molecular flexibility index (Phi) is 13.7. The maximum atomic E-state index is 16.0. The van der Waals surface area contributed by atoms with Gasteiger partial charge in [-0.15, -0.1) is 0 Å². The number of nitrogens with one attached hydrogen (secondary N) is 2. The van der Waals surface area contributed by atoms with Crippen LogP contribution in [0.15, 0.2) is 76.9 Å². The summed E-state index contributed by atoms with van der Waals surface area (Å²) in [5.41, 5.74) is -2.13. The number of piperidine rings is 1. The molecule has 4 N–H and O–H groups in total. The van der Waals surface area contributed by atoms with Crippen molar-refractivity contribution in [3.05, 3.63) is 99.2 Å². The fraction of sp³-hybridized carbons (Fsp3) is 0.525. The highest BCUT2D eigenvalue weighted by Gasteiger charge is 2.81. The summed E-state index contributed by atoms with van der Waals surface area (Å²) in [6, 6.07) is 4.95. The number of aliphatic hydroxyl groups excluding tert-OH is 2. The SMILES string of the molecule is CC(C)=CCCC1(C)C=Cc2c(c(CC=C(C)C)c3c(c2OC(=O)c2ccc(O[C@@H]4O[C@@H]5COC(C)(C)O[C@H]5[C@@H](O)[C@H]4O)cc2)C(=O)C2=CC4CC5C(C)(C)OC(CC=C(C)C(=O)NC6CCC(=O)NC6=O)(C4=O)C25O3)O1. The van der Waals surface area contributed by atoms with Gasteiger partial charge in [0.2, 0.25) is 24.0 Å². The Labute approximate surface area is 447 Å². The van der Waals surface area contributed by atoms with Crippen LogP contribution in [0.5, 0.6) is 23.0 Å². The average Bonchev–Trinajstić information content (AvgIpc) is 3.62.